The van der Waals surface area contributed by atoms with Crippen molar-refractivity contribution in [2.24, 2.45) is 0 Å². The van der Waals surface area contributed by atoms with E-state index in [4.69, 9.17) is 10.5 Å². The second kappa shape index (κ2) is 5.88. The lowest BCUT2D eigenvalue weighted by Gasteiger charge is -2.28. The van der Waals surface area contributed by atoms with Crippen LogP contribution in [-0.2, 0) is 11.3 Å². The van der Waals surface area contributed by atoms with E-state index in [2.05, 4.69) is 20.0 Å². The monoisotopic (exact) mass is 288 g/mol. The fourth-order valence-electron chi connectivity index (χ4n) is 2.14. The highest BCUT2D eigenvalue weighted by Crippen LogP contribution is 2.11. The minimum absolute atomic E-state index is 0.169. The van der Waals surface area contributed by atoms with Crippen LogP contribution in [0.15, 0.2) is 29.5 Å². The molecule has 8 heteroatoms. The second-order valence-corrected chi connectivity index (χ2v) is 4.74. The fourth-order valence-corrected chi connectivity index (χ4v) is 2.14. The van der Waals surface area contributed by atoms with Crippen LogP contribution in [0.1, 0.15) is 5.69 Å². The Morgan fingerprint density at radius 3 is 2.67 bits per heavy atom. The summed E-state index contributed by atoms with van der Waals surface area (Å²) in [4.78, 5) is 22.3. The summed E-state index contributed by atoms with van der Waals surface area (Å²) in [7, 11) is 0. The van der Waals surface area contributed by atoms with Crippen LogP contribution in [0.5, 0.6) is 0 Å². The minimum Gasteiger partial charge on any atom is -0.382 e. The molecule has 2 N–H and O–H groups in total. The summed E-state index contributed by atoms with van der Waals surface area (Å²) in [5, 5.41) is 4.19. The molecule has 0 aromatic carbocycles. The highest BCUT2D eigenvalue weighted by atomic mass is 16.5. The normalized spacial score (nSPS) is 15.1. The molecule has 3 rings (SSSR count). The van der Waals surface area contributed by atoms with Gasteiger partial charge in [0.2, 0.25) is 0 Å². The van der Waals surface area contributed by atoms with Crippen LogP contribution < -0.4 is 16.2 Å². The first-order chi connectivity index (χ1) is 10.2. The molecule has 0 amide bonds. The van der Waals surface area contributed by atoms with Gasteiger partial charge in [0, 0.05) is 19.2 Å². The van der Waals surface area contributed by atoms with Crippen molar-refractivity contribution in [3.8, 4) is 0 Å². The predicted molar refractivity (Wildman–Crippen MR) is 77.1 cm³/mol. The molecule has 1 fully saturated rings. The quantitative estimate of drug-likeness (QED) is 0.812. The summed E-state index contributed by atoms with van der Waals surface area (Å²) < 4.78 is 6.64. The number of ether oxygens (including phenoxy) is 1. The lowest BCUT2D eigenvalue weighted by molar-refractivity contribution is 0.122. The van der Waals surface area contributed by atoms with Crippen LogP contribution in [0.2, 0.25) is 0 Å². The molecule has 8 nitrogen and oxygen atoms in total. The Kier molecular flexibility index (Phi) is 3.78. The number of anilines is 2. The Balaban J connectivity index is 1.77. The Morgan fingerprint density at radius 2 is 2.00 bits per heavy atom. The first kappa shape index (κ1) is 13.5. The highest BCUT2D eigenvalue weighted by molar-refractivity contribution is 5.43. The van der Waals surface area contributed by atoms with Gasteiger partial charge in [-0.25, -0.2) is 9.67 Å². The van der Waals surface area contributed by atoms with Gasteiger partial charge in [0.15, 0.2) is 0 Å². The first-order valence-electron chi connectivity index (χ1n) is 6.68. The summed E-state index contributed by atoms with van der Waals surface area (Å²) in [6.07, 6.45) is 4.69. The summed E-state index contributed by atoms with van der Waals surface area (Å²) >= 11 is 0. The second-order valence-electron chi connectivity index (χ2n) is 4.74. The minimum atomic E-state index is -0.169. The van der Waals surface area contributed by atoms with E-state index in [1.54, 1.807) is 18.5 Å². The van der Waals surface area contributed by atoms with E-state index >= 15 is 0 Å². The average Bonchev–Trinajstić information content (AvgIpc) is 2.52. The van der Waals surface area contributed by atoms with Gasteiger partial charge in [0.25, 0.3) is 5.56 Å². The Morgan fingerprint density at radius 1 is 1.19 bits per heavy atom. The van der Waals surface area contributed by atoms with Gasteiger partial charge in [-0.05, 0) is 0 Å². The summed E-state index contributed by atoms with van der Waals surface area (Å²) in [6.45, 7) is 3.16. The van der Waals surface area contributed by atoms with Crippen molar-refractivity contribution in [2.45, 2.75) is 6.54 Å². The molecular weight excluding hydrogens is 272 g/mol. The van der Waals surface area contributed by atoms with Crippen LogP contribution in [0.3, 0.4) is 0 Å². The molecule has 2 aromatic heterocycles. The van der Waals surface area contributed by atoms with E-state index in [-0.39, 0.29) is 12.1 Å². The van der Waals surface area contributed by atoms with Crippen LogP contribution in [-0.4, -0.2) is 46.1 Å². The fraction of sp³-hybridized carbons (Fsp3) is 0.385. The topological polar surface area (TPSA) is 99.2 Å². The maximum absolute atomic E-state index is 12.1. The van der Waals surface area contributed by atoms with Crippen LogP contribution in [0.25, 0.3) is 0 Å². The largest absolute Gasteiger partial charge is 0.382 e. The number of hydrogen-bond acceptors (Lipinski definition) is 7. The lowest BCUT2D eigenvalue weighted by Crippen LogP contribution is -2.37. The number of rotatable bonds is 3. The number of aromatic nitrogens is 4. The number of nitrogen functional groups attached to an aromatic ring is 1. The van der Waals surface area contributed by atoms with Crippen LogP contribution in [0, 0.1) is 0 Å². The Labute approximate surface area is 121 Å². The lowest BCUT2D eigenvalue weighted by atomic mass is 10.3. The van der Waals surface area contributed by atoms with Crippen molar-refractivity contribution in [1.29, 1.82) is 0 Å². The van der Waals surface area contributed by atoms with Crippen molar-refractivity contribution in [3.63, 3.8) is 0 Å². The van der Waals surface area contributed by atoms with Crippen LogP contribution >= 0.6 is 0 Å². The van der Waals surface area contributed by atoms with E-state index in [1.807, 2.05) is 0 Å². The number of nitrogens with two attached hydrogens (primary N) is 1. The average molecular weight is 288 g/mol. The molecule has 1 aliphatic rings. The molecule has 2 aromatic rings. The van der Waals surface area contributed by atoms with E-state index in [9.17, 15) is 4.79 Å². The maximum Gasteiger partial charge on any atom is 0.269 e. The van der Waals surface area contributed by atoms with Gasteiger partial charge in [-0.2, -0.15) is 5.10 Å². The van der Waals surface area contributed by atoms with Crippen molar-refractivity contribution in [1.82, 2.24) is 19.7 Å². The Hall–Kier alpha value is -2.48. The zero-order valence-corrected chi connectivity index (χ0v) is 11.5. The molecule has 0 saturated carbocycles. The van der Waals surface area contributed by atoms with E-state index < -0.39 is 0 Å². The zero-order chi connectivity index (χ0) is 14.7. The Bertz CT molecular complexity index is 663. The van der Waals surface area contributed by atoms with Crippen LogP contribution in [0.4, 0.5) is 11.5 Å². The van der Waals surface area contributed by atoms with Gasteiger partial charge < -0.3 is 15.4 Å². The summed E-state index contributed by atoms with van der Waals surface area (Å²) in [5.41, 5.74) is 6.77. The van der Waals surface area contributed by atoms with Crippen molar-refractivity contribution in [3.05, 3.63) is 40.7 Å². The standard InChI is InChI=1S/C13H16N6O2/c14-12-8-15-10(6-16-12)9-19-13(20)5-11(7-17-19)18-1-3-21-4-2-18/h5-8H,1-4,9H2,(H2,14,16). The number of morpholine rings is 1. The smallest absolute Gasteiger partial charge is 0.269 e. The van der Waals surface area contributed by atoms with Gasteiger partial charge in [0.1, 0.15) is 5.82 Å². The molecule has 0 spiro atoms. The van der Waals surface area contributed by atoms with Crippen molar-refractivity contribution < 1.29 is 4.74 Å². The van der Waals surface area contributed by atoms with Crippen molar-refractivity contribution >= 4 is 11.5 Å². The third kappa shape index (κ3) is 3.16. The van der Waals surface area contributed by atoms with E-state index in [1.165, 1.54) is 10.9 Å². The van der Waals surface area contributed by atoms with E-state index in [0.29, 0.717) is 24.7 Å². The molecular formula is C13H16N6O2. The highest BCUT2D eigenvalue weighted by Gasteiger charge is 2.13. The molecule has 3 heterocycles. The molecule has 0 bridgehead atoms. The zero-order valence-electron chi connectivity index (χ0n) is 11.5. The van der Waals surface area contributed by atoms with Gasteiger partial charge in [0.05, 0.1) is 49.7 Å². The SMILES string of the molecule is Nc1cnc(Cn2ncc(N3CCOCC3)cc2=O)cn1. The number of nitrogens with zero attached hydrogens (tertiary/aromatic N) is 5. The summed E-state index contributed by atoms with van der Waals surface area (Å²) in [5.74, 6) is 0.349. The van der Waals surface area contributed by atoms with Gasteiger partial charge in [-0.3, -0.25) is 9.78 Å². The predicted octanol–water partition coefficient (Wildman–Crippen LogP) is -0.500. The van der Waals surface area contributed by atoms with Crippen molar-refractivity contribution in [2.75, 3.05) is 36.9 Å². The maximum atomic E-state index is 12.1. The third-order valence-electron chi connectivity index (χ3n) is 3.27. The van der Waals surface area contributed by atoms with Gasteiger partial charge >= 0.3 is 0 Å². The van der Waals surface area contributed by atoms with Gasteiger partial charge in [-0.1, -0.05) is 0 Å². The third-order valence-corrected chi connectivity index (χ3v) is 3.27. The molecule has 0 radical (unpaired) electrons. The molecule has 0 atom stereocenters. The first-order valence-corrected chi connectivity index (χ1v) is 6.68. The molecule has 1 saturated heterocycles. The molecule has 21 heavy (non-hydrogen) atoms. The molecule has 1 aliphatic heterocycles. The van der Waals surface area contributed by atoms with Gasteiger partial charge in [-0.15, -0.1) is 0 Å². The summed E-state index contributed by atoms with van der Waals surface area (Å²) in [6, 6.07) is 1.59. The number of hydrogen-bond donors (Lipinski definition) is 1. The molecule has 0 aliphatic carbocycles. The molecule has 110 valence electrons. The molecule has 0 unspecified atom stereocenters. The van der Waals surface area contributed by atoms with E-state index in [0.717, 1.165) is 18.8 Å².